The van der Waals surface area contributed by atoms with Crippen LogP contribution in [0.4, 0.5) is 5.69 Å². The van der Waals surface area contributed by atoms with Gasteiger partial charge in [-0.25, -0.2) is 4.68 Å². The van der Waals surface area contributed by atoms with Crippen molar-refractivity contribution < 1.29 is 4.92 Å². The Kier molecular flexibility index (Phi) is 4.71. The summed E-state index contributed by atoms with van der Waals surface area (Å²) in [5.74, 6) is 0. The predicted molar refractivity (Wildman–Crippen MR) is 98.5 cm³/mol. The van der Waals surface area contributed by atoms with Crippen molar-refractivity contribution in [3.63, 3.8) is 0 Å². The van der Waals surface area contributed by atoms with Crippen molar-refractivity contribution in [2.24, 2.45) is 4.99 Å². The van der Waals surface area contributed by atoms with Crippen molar-refractivity contribution >= 4 is 22.7 Å². The van der Waals surface area contributed by atoms with Crippen LogP contribution in [0.5, 0.6) is 0 Å². The SMILES string of the molecule is C=C(Nn1c(-c2cccc([N+](=O)[O-])c2)csc1=NC)c1ccccn1. The van der Waals surface area contributed by atoms with Gasteiger partial charge in [0.2, 0.25) is 4.80 Å². The topological polar surface area (TPSA) is 85.3 Å². The Morgan fingerprint density at radius 1 is 1.36 bits per heavy atom. The number of aromatic nitrogens is 2. The van der Waals surface area contributed by atoms with Gasteiger partial charge in [-0.1, -0.05) is 24.8 Å². The summed E-state index contributed by atoms with van der Waals surface area (Å²) in [5.41, 5.74) is 5.98. The van der Waals surface area contributed by atoms with Gasteiger partial charge in [0.1, 0.15) is 0 Å². The number of non-ortho nitro benzene ring substituents is 1. The first-order chi connectivity index (χ1) is 12.1. The van der Waals surface area contributed by atoms with E-state index in [9.17, 15) is 10.1 Å². The molecule has 1 N–H and O–H groups in total. The standard InChI is InChI=1S/C17H15N5O2S/c1-12(15-8-3-4-9-19-15)20-21-16(11-25-17(21)18-2)13-6-5-7-14(10-13)22(23)24/h3-11,20H,1H2,2H3. The molecule has 7 nitrogen and oxygen atoms in total. The molecule has 0 bridgehead atoms. The minimum absolute atomic E-state index is 0.0359. The highest BCUT2D eigenvalue weighted by Crippen LogP contribution is 2.24. The smallest absolute Gasteiger partial charge is 0.270 e. The number of hydrogen-bond acceptors (Lipinski definition) is 6. The highest BCUT2D eigenvalue weighted by atomic mass is 32.1. The van der Waals surface area contributed by atoms with Crippen LogP contribution in [0, 0.1) is 10.1 Å². The van der Waals surface area contributed by atoms with Gasteiger partial charge in [0.25, 0.3) is 5.69 Å². The quantitative estimate of drug-likeness (QED) is 0.563. The molecule has 0 fully saturated rings. The Hall–Kier alpha value is -3.26. The molecule has 8 heteroatoms. The molecule has 0 spiro atoms. The number of pyridine rings is 1. The van der Waals surface area contributed by atoms with Crippen LogP contribution in [0.15, 0.2) is 65.6 Å². The molecule has 0 saturated carbocycles. The molecular weight excluding hydrogens is 338 g/mol. The zero-order valence-electron chi connectivity index (χ0n) is 13.4. The normalized spacial score (nSPS) is 11.3. The van der Waals surface area contributed by atoms with Crippen LogP contribution >= 0.6 is 11.3 Å². The molecule has 0 radical (unpaired) electrons. The fourth-order valence-corrected chi connectivity index (χ4v) is 3.10. The first kappa shape index (κ1) is 16.6. The molecule has 3 rings (SSSR count). The molecule has 3 aromatic rings. The maximum Gasteiger partial charge on any atom is 0.270 e. The minimum Gasteiger partial charge on any atom is -0.290 e. The molecule has 0 aliphatic carbocycles. The zero-order valence-corrected chi connectivity index (χ0v) is 14.2. The molecule has 126 valence electrons. The summed E-state index contributed by atoms with van der Waals surface area (Å²) < 4.78 is 1.75. The second kappa shape index (κ2) is 7.10. The Morgan fingerprint density at radius 3 is 2.88 bits per heavy atom. The number of rotatable bonds is 5. The second-order valence-corrected chi connectivity index (χ2v) is 5.91. The lowest BCUT2D eigenvalue weighted by molar-refractivity contribution is -0.384. The first-order valence-corrected chi connectivity index (χ1v) is 8.23. The van der Waals surface area contributed by atoms with Gasteiger partial charge in [-0.05, 0) is 12.1 Å². The fraction of sp³-hybridized carbons (Fsp3) is 0.0588. The molecule has 1 aromatic carbocycles. The number of nitrogens with one attached hydrogen (secondary N) is 1. The largest absolute Gasteiger partial charge is 0.290 e. The van der Waals surface area contributed by atoms with Crippen molar-refractivity contribution in [2.75, 3.05) is 12.5 Å². The van der Waals surface area contributed by atoms with E-state index in [1.807, 2.05) is 29.6 Å². The van der Waals surface area contributed by atoms with E-state index in [0.717, 1.165) is 5.69 Å². The van der Waals surface area contributed by atoms with Crippen LogP contribution in [-0.4, -0.2) is 21.6 Å². The van der Waals surface area contributed by atoms with E-state index < -0.39 is 4.92 Å². The molecule has 2 heterocycles. The molecule has 0 unspecified atom stereocenters. The van der Waals surface area contributed by atoms with E-state index in [1.165, 1.54) is 23.5 Å². The van der Waals surface area contributed by atoms with Gasteiger partial charge < -0.3 is 0 Å². The lowest BCUT2D eigenvalue weighted by Crippen LogP contribution is -2.25. The van der Waals surface area contributed by atoms with Crippen LogP contribution in [-0.2, 0) is 0 Å². The molecule has 25 heavy (non-hydrogen) atoms. The van der Waals surface area contributed by atoms with Crippen LogP contribution in [0.1, 0.15) is 5.69 Å². The third kappa shape index (κ3) is 3.48. The van der Waals surface area contributed by atoms with E-state index in [2.05, 4.69) is 22.0 Å². The van der Waals surface area contributed by atoms with E-state index >= 15 is 0 Å². The number of nitro groups is 1. The lowest BCUT2D eigenvalue weighted by atomic mass is 10.1. The summed E-state index contributed by atoms with van der Waals surface area (Å²) in [6, 6.07) is 12.0. The summed E-state index contributed by atoms with van der Waals surface area (Å²) >= 11 is 1.42. The third-order valence-corrected chi connectivity index (χ3v) is 4.39. The second-order valence-electron chi connectivity index (χ2n) is 5.08. The van der Waals surface area contributed by atoms with Gasteiger partial charge in [0.15, 0.2) is 0 Å². The van der Waals surface area contributed by atoms with Crippen molar-refractivity contribution in [1.29, 1.82) is 0 Å². The lowest BCUT2D eigenvalue weighted by Gasteiger charge is -2.13. The van der Waals surface area contributed by atoms with Gasteiger partial charge in [0.05, 0.1) is 22.0 Å². The average molecular weight is 353 g/mol. The van der Waals surface area contributed by atoms with Crippen LogP contribution in [0.3, 0.4) is 0 Å². The average Bonchev–Trinajstić information content (AvgIpc) is 3.05. The summed E-state index contributed by atoms with van der Waals surface area (Å²) in [4.78, 5) is 19.8. The molecule has 0 atom stereocenters. The van der Waals surface area contributed by atoms with E-state index in [0.29, 0.717) is 21.8 Å². The highest BCUT2D eigenvalue weighted by Gasteiger charge is 2.13. The molecule has 0 amide bonds. The number of benzene rings is 1. The first-order valence-electron chi connectivity index (χ1n) is 7.35. The Balaban J connectivity index is 2.03. The van der Waals surface area contributed by atoms with Gasteiger partial charge in [0, 0.05) is 36.3 Å². The molecule has 0 aliphatic rings. The maximum atomic E-state index is 11.0. The Morgan fingerprint density at radius 2 is 2.20 bits per heavy atom. The molecule has 0 saturated heterocycles. The van der Waals surface area contributed by atoms with Gasteiger partial charge in [-0.15, -0.1) is 11.3 Å². The number of nitrogens with zero attached hydrogens (tertiary/aromatic N) is 4. The fourth-order valence-electron chi connectivity index (χ4n) is 2.29. The highest BCUT2D eigenvalue weighted by molar-refractivity contribution is 7.07. The van der Waals surface area contributed by atoms with Gasteiger partial charge >= 0.3 is 0 Å². The Bertz CT molecular complexity index is 992. The minimum atomic E-state index is -0.411. The van der Waals surface area contributed by atoms with Crippen molar-refractivity contribution in [1.82, 2.24) is 9.66 Å². The molecule has 0 aliphatic heterocycles. The van der Waals surface area contributed by atoms with Crippen molar-refractivity contribution in [3.8, 4) is 11.3 Å². The Labute approximate surface area is 147 Å². The van der Waals surface area contributed by atoms with Crippen molar-refractivity contribution in [2.45, 2.75) is 0 Å². The molecular formula is C17H15N5O2S. The summed E-state index contributed by atoms with van der Waals surface area (Å²) in [6.45, 7) is 4.02. The van der Waals surface area contributed by atoms with Gasteiger partial charge in [-0.2, -0.15) is 0 Å². The number of hydrogen-bond donors (Lipinski definition) is 1. The van der Waals surface area contributed by atoms with E-state index in [-0.39, 0.29) is 5.69 Å². The zero-order chi connectivity index (χ0) is 17.8. The monoisotopic (exact) mass is 353 g/mol. The van der Waals surface area contributed by atoms with E-state index in [4.69, 9.17) is 0 Å². The summed E-state index contributed by atoms with van der Waals surface area (Å²) in [7, 11) is 1.69. The third-order valence-electron chi connectivity index (χ3n) is 3.47. The van der Waals surface area contributed by atoms with Gasteiger partial charge in [-0.3, -0.25) is 25.5 Å². The summed E-state index contributed by atoms with van der Waals surface area (Å²) in [6.07, 6.45) is 1.69. The molecule has 2 aromatic heterocycles. The maximum absolute atomic E-state index is 11.0. The summed E-state index contributed by atoms with van der Waals surface area (Å²) in [5, 5.41) is 12.9. The predicted octanol–water partition coefficient (Wildman–Crippen LogP) is 3.26. The number of nitro benzene ring substituents is 1. The van der Waals surface area contributed by atoms with Crippen molar-refractivity contribution in [3.05, 3.63) is 81.2 Å². The number of thiazole rings is 1. The van der Waals surface area contributed by atoms with Crippen LogP contribution in [0.25, 0.3) is 17.0 Å². The van der Waals surface area contributed by atoms with E-state index in [1.54, 1.807) is 24.0 Å². The van der Waals surface area contributed by atoms with Crippen LogP contribution in [0.2, 0.25) is 0 Å². The van der Waals surface area contributed by atoms with Crippen LogP contribution < -0.4 is 10.2 Å².